The van der Waals surface area contributed by atoms with E-state index in [9.17, 15) is 0 Å². The Bertz CT molecular complexity index is 742. The fraction of sp³-hybridized carbons (Fsp3) is 0.136. The van der Waals surface area contributed by atoms with Gasteiger partial charge in [0.2, 0.25) is 0 Å². The smallest absolute Gasteiger partial charge is 0.169 e. The maximum atomic E-state index is 8.89. The fourth-order valence-corrected chi connectivity index (χ4v) is 4.83. The number of aliphatic carboxylic acids is 1. The summed E-state index contributed by atoms with van der Waals surface area (Å²) in [7, 11) is -0.0261. The van der Waals surface area contributed by atoms with E-state index in [2.05, 4.69) is 91.9 Å². The molecule has 0 spiro atoms. The maximum absolute atomic E-state index is 8.89. The molecule has 0 amide bonds. The highest BCUT2D eigenvalue weighted by atomic mass is 32.2. The molecule has 0 atom stereocenters. The van der Waals surface area contributed by atoms with Crippen LogP contribution in [0.1, 0.15) is 19.4 Å². The summed E-state index contributed by atoms with van der Waals surface area (Å²) in [5.41, 5.74) is 1.44. The van der Waals surface area contributed by atoms with Crippen LogP contribution in [0.3, 0.4) is 0 Å². The van der Waals surface area contributed by atoms with Crippen LogP contribution in [0.25, 0.3) is 0 Å². The van der Waals surface area contributed by atoms with Gasteiger partial charge in [0.15, 0.2) is 14.7 Å². The molecule has 3 aromatic rings. The Morgan fingerprint density at radius 2 is 1.20 bits per heavy atom. The molecule has 128 valence electrons. The zero-order valence-corrected chi connectivity index (χ0v) is 15.3. The molecule has 0 saturated carbocycles. The molecule has 25 heavy (non-hydrogen) atoms. The van der Waals surface area contributed by atoms with E-state index >= 15 is 0 Å². The standard InChI is InChI=1S/C20H19S.C2H4O2/c1-2-17-11-9-10-16-20(17)21(18-12-5-3-6-13-18)19-14-7-4-8-15-19;1-2(3)4/h3-16H,2H2,1H3;1H3,(H,3,4)/q+1;/p-1. The van der Waals surface area contributed by atoms with Gasteiger partial charge in [-0.2, -0.15) is 0 Å². The van der Waals surface area contributed by atoms with Crippen LogP contribution >= 0.6 is 0 Å². The van der Waals surface area contributed by atoms with Crippen LogP contribution in [0, 0.1) is 0 Å². The summed E-state index contributed by atoms with van der Waals surface area (Å²) < 4.78 is 0. The molecule has 3 aromatic carbocycles. The molecule has 0 heterocycles. The molecular weight excluding hydrogens is 328 g/mol. The van der Waals surface area contributed by atoms with Crippen molar-refractivity contribution in [2.75, 3.05) is 0 Å². The summed E-state index contributed by atoms with van der Waals surface area (Å²) in [4.78, 5) is 13.1. The third-order valence-corrected chi connectivity index (χ3v) is 5.86. The highest BCUT2D eigenvalue weighted by Crippen LogP contribution is 2.33. The van der Waals surface area contributed by atoms with Crippen molar-refractivity contribution in [3.05, 3.63) is 90.5 Å². The van der Waals surface area contributed by atoms with Gasteiger partial charge < -0.3 is 9.90 Å². The van der Waals surface area contributed by atoms with Gasteiger partial charge in [0, 0.05) is 11.5 Å². The molecule has 0 aliphatic heterocycles. The van der Waals surface area contributed by atoms with Crippen molar-refractivity contribution in [3.8, 4) is 0 Å². The van der Waals surface area contributed by atoms with E-state index in [1.54, 1.807) is 0 Å². The van der Waals surface area contributed by atoms with Crippen LogP contribution in [-0.4, -0.2) is 5.97 Å². The average Bonchev–Trinajstić information content (AvgIpc) is 2.64. The Morgan fingerprint density at radius 3 is 1.64 bits per heavy atom. The number of carbonyl (C=O) groups is 1. The minimum atomic E-state index is -1.08. The molecule has 0 saturated heterocycles. The third kappa shape index (κ3) is 5.50. The Hall–Kier alpha value is -2.52. The van der Waals surface area contributed by atoms with Crippen molar-refractivity contribution in [3.63, 3.8) is 0 Å². The predicted molar refractivity (Wildman–Crippen MR) is 102 cm³/mol. The van der Waals surface area contributed by atoms with E-state index in [0.29, 0.717) is 0 Å². The number of carbonyl (C=O) groups excluding carboxylic acids is 1. The summed E-state index contributed by atoms with van der Waals surface area (Å²) >= 11 is 0. The monoisotopic (exact) mass is 350 g/mol. The molecular formula is C22H22O2S. The van der Waals surface area contributed by atoms with Crippen molar-refractivity contribution in [2.24, 2.45) is 0 Å². The topological polar surface area (TPSA) is 40.1 Å². The molecule has 0 N–H and O–H groups in total. The van der Waals surface area contributed by atoms with Crippen molar-refractivity contribution in [1.82, 2.24) is 0 Å². The lowest BCUT2D eigenvalue weighted by Crippen LogP contribution is -2.16. The largest absolute Gasteiger partial charge is 0.550 e. The maximum Gasteiger partial charge on any atom is 0.169 e. The SMILES string of the molecule is CC(=O)[O-].CCc1ccccc1[S+](c1ccccc1)c1ccccc1. The van der Waals surface area contributed by atoms with Crippen molar-refractivity contribution in [1.29, 1.82) is 0 Å². The van der Waals surface area contributed by atoms with Crippen LogP contribution in [0.5, 0.6) is 0 Å². The van der Waals surface area contributed by atoms with Gasteiger partial charge in [0.05, 0.1) is 10.9 Å². The van der Waals surface area contributed by atoms with Gasteiger partial charge in [-0.15, -0.1) is 0 Å². The lowest BCUT2D eigenvalue weighted by molar-refractivity contribution is -0.302. The molecule has 0 aromatic heterocycles. The summed E-state index contributed by atoms with van der Waals surface area (Å²) in [6, 6.07) is 30.5. The van der Waals surface area contributed by atoms with Gasteiger partial charge in [-0.25, -0.2) is 0 Å². The number of benzene rings is 3. The first kappa shape index (κ1) is 18.8. The van der Waals surface area contributed by atoms with Crippen LogP contribution in [0.2, 0.25) is 0 Å². The first-order valence-corrected chi connectivity index (χ1v) is 9.45. The minimum absolute atomic E-state index is 0.0261. The summed E-state index contributed by atoms with van der Waals surface area (Å²) in [6.45, 7) is 3.20. The number of carboxylic acid groups (broad SMARTS) is 1. The van der Waals surface area contributed by atoms with Gasteiger partial charge in [-0.05, 0) is 43.7 Å². The average molecular weight is 350 g/mol. The van der Waals surface area contributed by atoms with Gasteiger partial charge >= 0.3 is 0 Å². The highest BCUT2D eigenvalue weighted by Gasteiger charge is 2.29. The lowest BCUT2D eigenvalue weighted by Gasteiger charge is -2.10. The quantitative estimate of drug-likeness (QED) is 0.665. The normalized spacial score (nSPS) is 10.0. The van der Waals surface area contributed by atoms with E-state index in [4.69, 9.17) is 9.90 Å². The zero-order valence-electron chi connectivity index (χ0n) is 14.5. The second kappa shape index (κ2) is 9.70. The number of carboxylic acids is 1. The number of rotatable bonds is 4. The van der Waals surface area contributed by atoms with E-state index in [-0.39, 0.29) is 10.9 Å². The number of aryl methyl sites for hydroxylation is 1. The Morgan fingerprint density at radius 1 is 0.800 bits per heavy atom. The van der Waals surface area contributed by atoms with Crippen molar-refractivity contribution >= 4 is 16.9 Å². The molecule has 0 bridgehead atoms. The first-order chi connectivity index (χ1) is 12.1. The third-order valence-electron chi connectivity index (χ3n) is 3.53. The van der Waals surface area contributed by atoms with E-state index in [0.717, 1.165) is 13.3 Å². The minimum Gasteiger partial charge on any atom is -0.550 e. The van der Waals surface area contributed by atoms with E-state index in [1.165, 1.54) is 20.2 Å². The van der Waals surface area contributed by atoms with Gasteiger partial charge in [-0.1, -0.05) is 61.5 Å². The van der Waals surface area contributed by atoms with Crippen LogP contribution in [0.15, 0.2) is 99.6 Å². The van der Waals surface area contributed by atoms with Crippen molar-refractivity contribution < 1.29 is 9.90 Å². The van der Waals surface area contributed by atoms with E-state index in [1.807, 2.05) is 0 Å². The van der Waals surface area contributed by atoms with Crippen LogP contribution < -0.4 is 5.11 Å². The predicted octanol–water partition coefficient (Wildman–Crippen LogP) is 4.10. The highest BCUT2D eigenvalue weighted by molar-refractivity contribution is 7.97. The van der Waals surface area contributed by atoms with Crippen LogP contribution in [-0.2, 0) is 22.1 Å². The van der Waals surface area contributed by atoms with Gasteiger partial charge in [0.1, 0.15) is 0 Å². The number of hydrogen-bond acceptors (Lipinski definition) is 2. The Kier molecular flexibility index (Phi) is 7.30. The second-order valence-electron chi connectivity index (χ2n) is 5.39. The molecule has 0 aliphatic rings. The zero-order chi connectivity index (χ0) is 18.1. The van der Waals surface area contributed by atoms with E-state index < -0.39 is 5.97 Å². The number of hydrogen-bond donors (Lipinski definition) is 0. The van der Waals surface area contributed by atoms with Gasteiger partial charge in [-0.3, -0.25) is 0 Å². The summed E-state index contributed by atoms with van der Waals surface area (Å²) in [5, 5.41) is 8.89. The molecule has 0 radical (unpaired) electrons. The summed E-state index contributed by atoms with van der Waals surface area (Å²) in [5.74, 6) is -1.08. The molecule has 3 rings (SSSR count). The van der Waals surface area contributed by atoms with Gasteiger partial charge in [0.25, 0.3) is 0 Å². The molecule has 0 fully saturated rings. The Balaban J connectivity index is 0.000000511. The molecule has 3 heteroatoms. The lowest BCUT2D eigenvalue weighted by atomic mass is 10.2. The molecule has 0 unspecified atom stereocenters. The first-order valence-electron chi connectivity index (χ1n) is 8.23. The summed E-state index contributed by atoms with van der Waals surface area (Å²) in [6.07, 6.45) is 1.07. The molecule has 0 aliphatic carbocycles. The second-order valence-corrected chi connectivity index (χ2v) is 7.38. The fourth-order valence-electron chi connectivity index (χ4n) is 2.50. The Labute approximate surface area is 152 Å². The van der Waals surface area contributed by atoms with Crippen LogP contribution in [0.4, 0.5) is 0 Å². The van der Waals surface area contributed by atoms with Crippen molar-refractivity contribution in [2.45, 2.75) is 35.0 Å². The molecule has 2 nitrogen and oxygen atoms in total.